The Labute approximate surface area is 71.8 Å². The minimum Gasteiger partial charge on any atom is -0.390 e. The smallest absolute Gasteiger partial charge is 0.112 e. The van der Waals surface area contributed by atoms with E-state index in [-0.39, 0.29) is 6.61 Å². The molecule has 0 saturated carbocycles. The summed E-state index contributed by atoms with van der Waals surface area (Å²) in [5, 5.41) is 27.8. The van der Waals surface area contributed by atoms with Gasteiger partial charge in [-0.15, -0.1) is 0 Å². The number of hydrogen-bond donors (Lipinski definition) is 3. The molecule has 4 atom stereocenters. The van der Waals surface area contributed by atoms with Crippen LogP contribution in [0.1, 0.15) is 12.8 Å². The highest BCUT2D eigenvalue weighted by Crippen LogP contribution is 2.19. The van der Waals surface area contributed by atoms with E-state index in [2.05, 4.69) is 6.92 Å². The van der Waals surface area contributed by atoms with Crippen LogP contribution in [0.5, 0.6) is 0 Å². The molecule has 1 heterocycles. The summed E-state index contributed by atoms with van der Waals surface area (Å²) >= 11 is 0. The van der Waals surface area contributed by atoms with E-state index in [0.29, 0.717) is 12.8 Å². The lowest BCUT2D eigenvalue weighted by Gasteiger charge is -2.20. The third-order valence-electron chi connectivity index (χ3n) is 2.07. The Balaban J connectivity index is 2.41. The lowest BCUT2D eigenvalue weighted by atomic mass is 10.0. The molecule has 1 aliphatic rings. The average Bonchev–Trinajstić information content (AvgIpc) is 2.34. The van der Waals surface area contributed by atoms with Crippen LogP contribution in [-0.4, -0.2) is 46.3 Å². The van der Waals surface area contributed by atoms with Crippen LogP contribution in [0, 0.1) is 6.92 Å². The van der Waals surface area contributed by atoms with Gasteiger partial charge in [0, 0.05) is 0 Å². The van der Waals surface area contributed by atoms with Crippen LogP contribution in [0.2, 0.25) is 0 Å². The van der Waals surface area contributed by atoms with Crippen molar-refractivity contribution in [1.29, 1.82) is 0 Å². The van der Waals surface area contributed by atoms with Gasteiger partial charge >= 0.3 is 0 Å². The highest BCUT2D eigenvalue weighted by Gasteiger charge is 2.38. The predicted octanol–water partition coefficient (Wildman–Crippen LogP) is -0.918. The first kappa shape index (κ1) is 9.92. The van der Waals surface area contributed by atoms with Gasteiger partial charge in [-0.05, 0) is 6.42 Å². The minimum atomic E-state index is -0.966. The molecule has 0 bridgehead atoms. The van der Waals surface area contributed by atoms with Gasteiger partial charge < -0.3 is 20.1 Å². The summed E-state index contributed by atoms with van der Waals surface area (Å²) in [6, 6.07) is 0. The first-order valence-electron chi connectivity index (χ1n) is 4.12. The summed E-state index contributed by atoms with van der Waals surface area (Å²) in [5.41, 5.74) is 0. The van der Waals surface area contributed by atoms with Gasteiger partial charge in [0.2, 0.25) is 0 Å². The lowest BCUT2D eigenvalue weighted by Crippen LogP contribution is -2.38. The van der Waals surface area contributed by atoms with Crippen LogP contribution in [0.25, 0.3) is 0 Å². The first-order valence-corrected chi connectivity index (χ1v) is 4.12. The van der Waals surface area contributed by atoms with Crippen molar-refractivity contribution >= 4 is 0 Å². The summed E-state index contributed by atoms with van der Waals surface area (Å²) < 4.78 is 5.01. The quantitative estimate of drug-likeness (QED) is 0.519. The molecule has 0 spiro atoms. The molecule has 0 aliphatic carbocycles. The zero-order valence-corrected chi connectivity index (χ0v) is 6.89. The van der Waals surface area contributed by atoms with E-state index in [1.807, 2.05) is 0 Å². The molecule has 1 aliphatic heterocycles. The molecule has 4 nitrogen and oxygen atoms in total. The molecule has 4 heteroatoms. The normalized spacial score (nSPS) is 38.5. The highest BCUT2D eigenvalue weighted by molar-refractivity contribution is 4.87. The van der Waals surface area contributed by atoms with Crippen LogP contribution >= 0.6 is 0 Å². The molecule has 0 aromatic heterocycles. The van der Waals surface area contributed by atoms with E-state index in [1.54, 1.807) is 0 Å². The second-order valence-corrected chi connectivity index (χ2v) is 3.07. The second kappa shape index (κ2) is 4.18. The van der Waals surface area contributed by atoms with E-state index in [9.17, 15) is 10.2 Å². The topological polar surface area (TPSA) is 69.9 Å². The van der Waals surface area contributed by atoms with E-state index < -0.39 is 24.4 Å². The first-order chi connectivity index (χ1) is 5.66. The third-order valence-corrected chi connectivity index (χ3v) is 2.07. The van der Waals surface area contributed by atoms with Crippen molar-refractivity contribution < 1.29 is 20.1 Å². The van der Waals surface area contributed by atoms with E-state index in [0.717, 1.165) is 0 Å². The zero-order valence-electron chi connectivity index (χ0n) is 6.89. The largest absolute Gasteiger partial charge is 0.390 e. The molecular formula is C8H15O4. The summed E-state index contributed by atoms with van der Waals surface area (Å²) in [6.45, 7) is 3.68. The Morgan fingerprint density at radius 1 is 1.50 bits per heavy atom. The number of hydrogen-bond acceptors (Lipinski definition) is 4. The average molecular weight is 175 g/mol. The van der Waals surface area contributed by atoms with Gasteiger partial charge in [0.25, 0.3) is 0 Å². The van der Waals surface area contributed by atoms with Crippen molar-refractivity contribution in [2.75, 3.05) is 6.61 Å². The predicted molar refractivity (Wildman–Crippen MR) is 42.4 cm³/mol. The van der Waals surface area contributed by atoms with Gasteiger partial charge in [0.15, 0.2) is 0 Å². The molecule has 0 aromatic rings. The van der Waals surface area contributed by atoms with Gasteiger partial charge in [0.1, 0.15) is 18.3 Å². The number of rotatable bonds is 3. The van der Waals surface area contributed by atoms with E-state index in [1.165, 1.54) is 0 Å². The monoisotopic (exact) mass is 175 g/mol. The van der Waals surface area contributed by atoms with Crippen LogP contribution in [0.4, 0.5) is 0 Å². The van der Waals surface area contributed by atoms with Crippen LogP contribution in [0.15, 0.2) is 0 Å². The molecule has 1 unspecified atom stereocenters. The van der Waals surface area contributed by atoms with E-state index >= 15 is 0 Å². The van der Waals surface area contributed by atoms with Crippen molar-refractivity contribution in [3.05, 3.63) is 6.92 Å². The maximum Gasteiger partial charge on any atom is 0.112 e. The molecule has 0 aromatic carbocycles. The Morgan fingerprint density at radius 3 is 2.58 bits per heavy atom. The molecular weight excluding hydrogens is 160 g/mol. The van der Waals surface area contributed by atoms with Crippen molar-refractivity contribution in [3.8, 4) is 0 Å². The fraction of sp³-hybridized carbons (Fsp3) is 0.875. The maximum absolute atomic E-state index is 9.40. The van der Waals surface area contributed by atoms with Crippen LogP contribution in [-0.2, 0) is 4.74 Å². The van der Waals surface area contributed by atoms with Gasteiger partial charge in [-0.25, -0.2) is 0 Å². The minimum absolute atomic E-state index is 0.0973. The SMILES string of the molecule is [CH2]CCC(O)[C@H]1OC[C@@H](O)[C@@H]1O. The molecule has 1 saturated heterocycles. The summed E-state index contributed by atoms with van der Waals surface area (Å²) in [6.07, 6.45) is -2.14. The van der Waals surface area contributed by atoms with Crippen molar-refractivity contribution in [2.45, 2.75) is 37.3 Å². The van der Waals surface area contributed by atoms with Crippen molar-refractivity contribution in [3.63, 3.8) is 0 Å². The molecule has 1 fully saturated rings. The Kier molecular flexibility index (Phi) is 3.46. The Hall–Kier alpha value is -0.160. The molecule has 0 amide bonds. The standard InChI is InChI=1S/C8H15O4/c1-2-3-5(9)8-7(11)6(10)4-12-8/h5-11H,1-4H2/t5?,6-,7+,8-/m1/s1. The summed E-state index contributed by atoms with van der Waals surface area (Å²) in [5.74, 6) is 0. The second-order valence-electron chi connectivity index (χ2n) is 3.07. The maximum atomic E-state index is 9.40. The lowest BCUT2D eigenvalue weighted by molar-refractivity contribution is -0.0527. The van der Waals surface area contributed by atoms with Crippen molar-refractivity contribution in [2.24, 2.45) is 0 Å². The molecule has 1 radical (unpaired) electrons. The van der Waals surface area contributed by atoms with Crippen molar-refractivity contribution in [1.82, 2.24) is 0 Å². The number of aliphatic hydroxyl groups excluding tert-OH is 3. The molecule has 3 N–H and O–H groups in total. The van der Waals surface area contributed by atoms with Gasteiger partial charge in [0.05, 0.1) is 12.7 Å². The molecule has 71 valence electrons. The summed E-state index contributed by atoms with van der Waals surface area (Å²) in [4.78, 5) is 0. The highest BCUT2D eigenvalue weighted by atomic mass is 16.5. The molecule has 12 heavy (non-hydrogen) atoms. The van der Waals surface area contributed by atoms with Gasteiger partial charge in [-0.1, -0.05) is 13.3 Å². The fourth-order valence-corrected chi connectivity index (χ4v) is 1.34. The summed E-state index contributed by atoms with van der Waals surface area (Å²) in [7, 11) is 0. The zero-order chi connectivity index (χ0) is 9.14. The third kappa shape index (κ3) is 1.95. The van der Waals surface area contributed by atoms with E-state index in [4.69, 9.17) is 9.84 Å². The fourth-order valence-electron chi connectivity index (χ4n) is 1.34. The van der Waals surface area contributed by atoms with Crippen LogP contribution in [0.3, 0.4) is 0 Å². The number of aliphatic hydroxyl groups is 3. The Morgan fingerprint density at radius 2 is 2.17 bits per heavy atom. The Bertz CT molecular complexity index is 139. The molecule has 1 rings (SSSR count). The van der Waals surface area contributed by atoms with Gasteiger partial charge in [-0.3, -0.25) is 0 Å². The number of ether oxygens (including phenoxy) is 1. The van der Waals surface area contributed by atoms with Gasteiger partial charge in [-0.2, -0.15) is 0 Å². The van der Waals surface area contributed by atoms with Crippen LogP contribution < -0.4 is 0 Å².